The number of carbonyl (C=O) groups excluding carboxylic acids is 1. The number of rotatable bonds is 6. The van der Waals surface area contributed by atoms with Gasteiger partial charge in [-0.05, 0) is 19.8 Å². The number of nitrogens with zero attached hydrogens (tertiary/aromatic N) is 1. The van der Waals surface area contributed by atoms with E-state index in [1.165, 1.54) is 11.3 Å². The second-order valence-electron chi connectivity index (χ2n) is 4.03. The van der Waals surface area contributed by atoms with Gasteiger partial charge in [0, 0.05) is 0 Å². The molecule has 1 rings (SSSR count). The summed E-state index contributed by atoms with van der Waals surface area (Å²) in [5, 5.41) is 12.4. The first kappa shape index (κ1) is 14.6. The maximum atomic E-state index is 12.0. The van der Waals surface area contributed by atoms with Crippen molar-refractivity contribution in [2.75, 3.05) is 0 Å². The molecule has 6 heteroatoms. The van der Waals surface area contributed by atoms with E-state index < -0.39 is 12.0 Å². The summed E-state index contributed by atoms with van der Waals surface area (Å²) in [5.74, 6) is -1.34. The molecule has 0 aliphatic carbocycles. The summed E-state index contributed by atoms with van der Waals surface area (Å²) >= 11 is 1.32. The summed E-state index contributed by atoms with van der Waals surface area (Å²) < 4.78 is 0. The Labute approximate surface area is 110 Å². The van der Waals surface area contributed by atoms with Gasteiger partial charge in [-0.15, -0.1) is 11.3 Å². The number of carboxylic acid groups (broad SMARTS) is 1. The van der Waals surface area contributed by atoms with E-state index in [9.17, 15) is 9.59 Å². The van der Waals surface area contributed by atoms with E-state index in [0.717, 1.165) is 11.4 Å². The number of aromatic nitrogens is 1. The topological polar surface area (TPSA) is 79.3 Å². The Bertz CT molecular complexity index is 443. The summed E-state index contributed by atoms with van der Waals surface area (Å²) in [6.45, 7) is 5.62. The average Bonchev–Trinajstić information content (AvgIpc) is 2.69. The number of carbonyl (C=O) groups is 2. The van der Waals surface area contributed by atoms with E-state index in [1.54, 1.807) is 6.92 Å². The maximum Gasteiger partial charge on any atom is 0.326 e. The molecule has 1 amide bonds. The minimum atomic E-state index is -0.997. The quantitative estimate of drug-likeness (QED) is 0.828. The van der Waals surface area contributed by atoms with Gasteiger partial charge in [-0.3, -0.25) is 4.79 Å². The van der Waals surface area contributed by atoms with Crippen LogP contribution in [0.25, 0.3) is 0 Å². The van der Waals surface area contributed by atoms with E-state index in [1.807, 2.05) is 13.8 Å². The average molecular weight is 270 g/mol. The minimum Gasteiger partial charge on any atom is -0.480 e. The lowest BCUT2D eigenvalue weighted by molar-refractivity contribution is -0.139. The summed E-state index contributed by atoms with van der Waals surface area (Å²) in [5.41, 5.74) is 0.662. The highest BCUT2D eigenvalue weighted by molar-refractivity contribution is 7.13. The Morgan fingerprint density at radius 1 is 1.44 bits per heavy atom. The molecule has 0 saturated carbocycles. The minimum absolute atomic E-state index is 0.342. The lowest BCUT2D eigenvalue weighted by Crippen LogP contribution is -2.40. The van der Waals surface area contributed by atoms with Gasteiger partial charge in [-0.25, -0.2) is 9.78 Å². The van der Waals surface area contributed by atoms with Gasteiger partial charge in [-0.2, -0.15) is 0 Å². The van der Waals surface area contributed by atoms with Crippen LogP contribution >= 0.6 is 11.3 Å². The number of thiazole rings is 1. The van der Waals surface area contributed by atoms with Gasteiger partial charge in [-0.1, -0.05) is 20.3 Å². The molecule has 5 nitrogen and oxygen atoms in total. The number of nitrogens with one attached hydrogen (secondary N) is 1. The molecule has 0 bridgehead atoms. The van der Waals surface area contributed by atoms with Gasteiger partial charge in [0.15, 0.2) is 0 Å². The number of carboxylic acids is 1. The molecule has 1 unspecified atom stereocenters. The fraction of sp³-hybridized carbons (Fsp3) is 0.583. The predicted molar refractivity (Wildman–Crippen MR) is 70.0 cm³/mol. The number of hydrogen-bond acceptors (Lipinski definition) is 4. The molecule has 1 aromatic heterocycles. The number of aryl methyl sites for hydroxylation is 2. The zero-order valence-corrected chi connectivity index (χ0v) is 11.6. The van der Waals surface area contributed by atoms with Crippen molar-refractivity contribution in [3.63, 3.8) is 0 Å². The van der Waals surface area contributed by atoms with Crippen LogP contribution in [-0.4, -0.2) is 28.0 Å². The lowest BCUT2D eigenvalue weighted by atomic mass is 10.1. The van der Waals surface area contributed by atoms with Crippen LogP contribution in [0.3, 0.4) is 0 Å². The first-order chi connectivity index (χ1) is 8.49. The number of aliphatic carboxylic acids is 1. The fourth-order valence-electron chi connectivity index (χ4n) is 1.58. The van der Waals surface area contributed by atoms with Crippen LogP contribution in [0.5, 0.6) is 0 Å². The van der Waals surface area contributed by atoms with Crippen LogP contribution in [0.2, 0.25) is 0 Å². The highest BCUT2D eigenvalue weighted by Crippen LogP contribution is 2.18. The molecule has 18 heavy (non-hydrogen) atoms. The summed E-state index contributed by atoms with van der Waals surface area (Å²) in [4.78, 5) is 27.7. The van der Waals surface area contributed by atoms with E-state index >= 15 is 0 Å². The van der Waals surface area contributed by atoms with Crippen LogP contribution < -0.4 is 5.32 Å². The zero-order valence-electron chi connectivity index (χ0n) is 10.8. The van der Waals surface area contributed by atoms with Gasteiger partial charge in [0.05, 0.1) is 10.7 Å². The summed E-state index contributed by atoms with van der Waals surface area (Å²) in [6, 6.07) is -0.825. The third-order valence-corrected chi connectivity index (χ3v) is 3.83. The molecule has 0 aromatic carbocycles. The van der Waals surface area contributed by atoms with Crippen LogP contribution in [0.1, 0.15) is 47.1 Å². The molecular formula is C12H18N2O3S. The smallest absolute Gasteiger partial charge is 0.326 e. The molecular weight excluding hydrogens is 252 g/mol. The fourth-order valence-corrected chi connectivity index (χ4v) is 2.49. The van der Waals surface area contributed by atoms with Gasteiger partial charge >= 0.3 is 5.97 Å². The van der Waals surface area contributed by atoms with Crippen molar-refractivity contribution < 1.29 is 14.7 Å². The van der Waals surface area contributed by atoms with Crippen molar-refractivity contribution in [3.05, 3.63) is 15.6 Å². The molecule has 1 atom stereocenters. The van der Waals surface area contributed by atoms with Gasteiger partial charge in [0.1, 0.15) is 10.9 Å². The van der Waals surface area contributed by atoms with Crippen LogP contribution in [0.4, 0.5) is 0 Å². The zero-order chi connectivity index (χ0) is 13.7. The highest BCUT2D eigenvalue weighted by atomic mass is 32.1. The standard InChI is InChI=1S/C12H18N2O3S/c1-4-6-8(12(16)17)14-11(15)10-7(3)13-9(5-2)18-10/h8H,4-6H2,1-3H3,(H,14,15)(H,16,17). The van der Waals surface area contributed by atoms with Crippen molar-refractivity contribution in [2.45, 2.75) is 46.1 Å². The van der Waals surface area contributed by atoms with Crippen LogP contribution in [0, 0.1) is 6.92 Å². The van der Waals surface area contributed by atoms with Crippen molar-refractivity contribution >= 4 is 23.2 Å². The molecule has 1 aromatic rings. The first-order valence-electron chi connectivity index (χ1n) is 5.99. The Kier molecular flexibility index (Phi) is 5.27. The van der Waals surface area contributed by atoms with Crippen LogP contribution in [-0.2, 0) is 11.2 Å². The lowest BCUT2D eigenvalue weighted by Gasteiger charge is -2.12. The largest absolute Gasteiger partial charge is 0.480 e. The van der Waals surface area contributed by atoms with Crippen molar-refractivity contribution in [2.24, 2.45) is 0 Å². The predicted octanol–water partition coefficient (Wildman–Crippen LogP) is 2.00. The monoisotopic (exact) mass is 270 g/mol. The second-order valence-corrected chi connectivity index (χ2v) is 5.11. The third kappa shape index (κ3) is 3.53. The van der Waals surface area contributed by atoms with Gasteiger partial charge in [0.25, 0.3) is 5.91 Å². The Morgan fingerprint density at radius 2 is 2.11 bits per heavy atom. The van der Waals surface area contributed by atoms with Gasteiger partial charge < -0.3 is 10.4 Å². The molecule has 0 saturated heterocycles. The Hall–Kier alpha value is -1.43. The molecule has 0 aliphatic rings. The highest BCUT2D eigenvalue weighted by Gasteiger charge is 2.22. The normalized spacial score (nSPS) is 12.2. The molecule has 100 valence electrons. The van der Waals surface area contributed by atoms with E-state index in [4.69, 9.17) is 5.11 Å². The molecule has 2 N–H and O–H groups in total. The summed E-state index contributed by atoms with van der Waals surface area (Å²) in [6.07, 6.45) is 1.91. The Morgan fingerprint density at radius 3 is 2.56 bits per heavy atom. The summed E-state index contributed by atoms with van der Waals surface area (Å²) in [7, 11) is 0. The first-order valence-corrected chi connectivity index (χ1v) is 6.81. The molecule has 0 aliphatic heterocycles. The van der Waals surface area contributed by atoms with Crippen molar-refractivity contribution in [1.29, 1.82) is 0 Å². The van der Waals surface area contributed by atoms with E-state index in [-0.39, 0.29) is 5.91 Å². The maximum absolute atomic E-state index is 12.0. The van der Waals surface area contributed by atoms with Crippen molar-refractivity contribution in [1.82, 2.24) is 10.3 Å². The number of hydrogen-bond donors (Lipinski definition) is 2. The van der Waals surface area contributed by atoms with E-state index in [0.29, 0.717) is 23.4 Å². The van der Waals surface area contributed by atoms with E-state index in [2.05, 4.69) is 10.3 Å². The molecule has 1 heterocycles. The molecule has 0 spiro atoms. The van der Waals surface area contributed by atoms with Crippen LogP contribution in [0.15, 0.2) is 0 Å². The SMILES string of the molecule is CCCC(NC(=O)c1sc(CC)nc1C)C(=O)O. The molecule has 0 fully saturated rings. The molecule has 0 radical (unpaired) electrons. The Balaban J connectivity index is 2.79. The number of amides is 1. The van der Waals surface area contributed by atoms with Crippen molar-refractivity contribution in [3.8, 4) is 0 Å². The third-order valence-electron chi connectivity index (χ3n) is 2.53. The second kappa shape index (κ2) is 6.49. The van der Waals surface area contributed by atoms with Gasteiger partial charge in [0.2, 0.25) is 0 Å².